The van der Waals surface area contributed by atoms with Gasteiger partial charge in [0.1, 0.15) is 11.0 Å². The van der Waals surface area contributed by atoms with Gasteiger partial charge in [0.2, 0.25) is 5.91 Å². The van der Waals surface area contributed by atoms with Crippen LogP contribution in [0, 0.1) is 6.92 Å². The first-order valence-corrected chi connectivity index (χ1v) is 10.4. The van der Waals surface area contributed by atoms with Crippen LogP contribution in [-0.2, 0) is 30.2 Å². The van der Waals surface area contributed by atoms with E-state index in [4.69, 9.17) is 0 Å². The third kappa shape index (κ3) is 5.15. The number of aromatic nitrogens is 3. The van der Waals surface area contributed by atoms with Gasteiger partial charge in [-0.1, -0.05) is 11.6 Å². The van der Waals surface area contributed by atoms with Crippen LogP contribution in [0.5, 0.6) is 0 Å². The minimum Gasteiger partial charge on any atom is -0.352 e. The molecule has 0 fully saturated rings. The van der Waals surface area contributed by atoms with Crippen LogP contribution in [0.2, 0.25) is 0 Å². The maximum Gasteiger partial charge on any atom is 0.416 e. The molecular weight excluding hydrogens is 478 g/mol. The van der Waals surface area contributed by atoms with E-state index in [0.29, 0.717) is 17.6 Å². The summed E-state index contributed by atoms with van der Waals surface area (Å²) in [6, 6.07) is 6.71. The first kappa shape index (κ1) is 24.3. The Bertz CT molecular complexity index is 1450. The van der Waals surface area contributed by atoms with Crippen LogP contribution in [0.4, 0.5) is 26.3 Å². The van der Waals surface area contributed by atoms with E-state index in [9.17, 15) is 35.9 Å². The molecule has 0 radical (unpaired) electrons. The van der Waals surface area contributed by atoms with Crippen LogP contribution in [0.15, 0.2) is 47.5 Å². The van der Waals surface area contributed by atoms with Crippen molar-refractivity contribution in [3.63, 3.8) is 0 Å². The number of carbonyl (C=O) groups excluding carboxylic acids is 1. The highest BCUT2D eigenvalue weighted by Crippen LogP contribution is 2.36. The van der Waals surface area contributed by atoms with Crippen molar-refractivity contribution in [2.24, 2.45) is 0 Å². The molecule has 0 aliphatic heterocycles. The molecule has 0 saturated carbocycles. The van der Waals surface area contributed by atoms with Crippen LogP contribution in [0.25, 0.3) is 21.9 Å². The van der Waals surface area contributed by atoms with E-state index in [1.165, 1.54) is 10.9 Å². The standard InChI is InChI=1S/C23H18F6N4O2/c1-12-2-3-17-16(6-12)19-20(32-17)21(35)33(11-31-19)5-4-18(34)30-10-13-7-14(22(24,25)26)9-15(8-13)23(27,28)29/h2-3,6-9,11,32H,4-5,10H2,1H3,(H,30,34). The Hall–Kier alpha value is -3.83. The van der Waals surface area contributed by atoms with Crippen LogP contribution in [0.1, 0.15) is 28.7 Å². The summed E-state index contributed by atoms with van der Waals surface area (Å²) in [6.45, 7) is 1.28. The number of fused-ring (bicyclic) bond motifs is 3. The van der Waals surface area contributed by atoms with Gasteiger partial charge in [-0.25, -0.2) is 4.98 Å². The molecule has 2 heterocycles. The molecule has 1 amide bonds. The Morgan fingerprint density at radius 3 is 2.31 bits per heavy atom. The first-order chi connectivity index (χ1) is 16.3. The summed E-state index contributed by atoms with van der Waals surface area (Å²) in [5, 5.41) is 3.07. The lowest BCUT2D eigenvalue weighted by Gasteiger charge is -2.14. The lowest BCUT2D eigenvalue weighted by Crippen LogP contribution is -2.27. The van der Waals surface area contributed by atoms with E-state index in [1.54, 1.807) is 0 Å². The fourth-order valence-electron chi connectivity index (χ4n) is 3.70. The molecular formula is C23H18F6N4O2. The van der Waals surface area contributed by atoms with E-state index < -0.39 is 41.5 Å². The number of carbonyl (C=O) groups is 1. The zero-order chi connectivity index (χ0) is 25.5. The number of aryl methyl sites for hydroxylation is 2. The van der Waals surface area contributed by atoms with Gasteiger partial charge >= 0.3 is 12.4 Å². The monoisotopic (exact) mass is 496 g/mol. The molecule has 0 spiro atoms. The van der Waals surface area contributed by atoms with E-state index in [-0.39, 0.29) is 30.1 Å². The van der Waals surface area contributed by atoms with E-state index >= 15 is 0 Å². The summed E-state index contributed by atoms with van der Waals surface area (Å²) in [7, 11) is 0. The summed E-state index contributed by atoms with van der Waals surface area (Å²) >= 11 is 0. The minimum absolute atomic E-state index is 0.0201. The molecule has 0 unspecified atom stereocenters. The molecule has 35 heavy (non-hydrogen) atoms. The van der Waals surface area contributed by atoms with E-state index in [2.05, 4.69) is 15.3 Å². The average molecular weight is 496 g/mol. The molecule has 0 aliphatic carbocycles. The summed E-state index contributed by atoms with van der Waals surface area (Å²) in [6.07, 6.45) is -8.91. The Labute approximate surface area is 193 Å². The number of rotatable bonds is 5. The van der Waals surface area contributed by atoms with Crippen molar-refractivity contribution in [3.8, 4) is 0 Å². The maximum absolute atomic E-state index is 13.0. The van der Waals surface area contributed by atoms with Gasteiger partial charge in [0.15, 0.2) is 0 Å². The molecule has 0 atom stereocenters. The number of aromatic amines is 1. The minimum atomic E-state index is -4.98. The fraction of sp³-hybridized carbons (Fsp3) is 0.261. The van der Waals surface area contributed by atoms with Gasteiger partial charge < -0.3 is 10.3 Å². The van der Waals surface area contributed by atoms with Crippen LogP contribution >= 0.6 is 0 Å². The van der Waals surface area contributed by atoms with Crippen molar-refractivity contribution < 1.29 is 31.1 Å². The lowest BCUT2D eigenvalue weighted by molar-refractivity contribution is -0.143. The highest BCUT2D eigenvalue weighted by molar-refractivity contribution is 6.04. The number of hydrogen-bond donors (Lipinski definition) is 2. The van der Waals surface area contributed by atoms with Gasteiger partial charge in [-0.2, -0.15) is 26.3 Å². The molecule has 6 nitrogen and oxygen atoms in total. The second-order valence-corrected chi connectivity index (χ2v) is 8.08. The maximum atomic E-state index is 13.0. The van der Waals surface area contributed by atoms with Crippen LogP contribution in [-0.4, -0.2) is 20.4 Å². The Morgan fingerprint density at radius 2 is 1.69 bits per heavy atom. The topological polar surface area (TPSA) is 79.8 Å². The number of nitrogens with zero attached hydrogens (tertiary/aromatic N) is 2. The molecule has 0 saturated heterocycles. The Morgan fingerprint density at radius 1 is 1.03 bits per heavy atom. The Balaban J connectivity index is 1.47. The summed E-state index contributed by atoms with van der Waals surface area (Å²) in [5.74, 6) is -0.657. The van der Waals surface area contributed by atoms with Crippen LogP contribution < -0.4 is 10.9 Å². The SMILES string of the molecule is Cc1ccc2[nH]c3c(=O)n(CCC(=O)NCc4cc(C(F)(F)F)cc(C(F)(F)F)c4)cnc3c2c1. The lowest BCUT2D eigenvalue weighted by atomic mass is 10.0. The van der Waals surface area contributed by atoms with Crippen molar-refractivity contribution in [1.82, 2.24) is 19.9 Å². The van der Waals surface area contributed by atoms with Gasteiger partial charge in [-0.05, 0) is 42.8 Å². The smallest absolute Gasteiger partial charge is 0.352 e. The fourth-order valence-corrected chi connectivity index (χ4v) is 3.70. The van der Waals surface area contributed by atoms with Crippen molar-refractivity contribution in [1.29, 1.82) is 0 Å². The molecule has 2 aromatic heterocycles. The normalized spacial score (nSPS) is 12.4. The van der Waals surface area contributed by atoms with Crippen molar-refractivity contribution in [2.45, 2.75) is 38.8 Å². The molecule has 12 heteroatoms. The number of benzene rings is 2. The molecule has 4 aromatic rings. The van der Waals surface area contributed by atoms with E-state index in [1.807, 2.05) is 25.1 Å². The summed E-state index contributed by atoms with van der Waals surface area (Å²) < 4.78 is 79.1. The largest absolute Gasteiger partial charge is 0.416 e. The number of alkyl halides is 6. The highest BCUT2D eigenvalue weighted by atomic mass is 19.4. The predicted molar refractivity (Wildman–Crippen MR) is 116 cm³/mol. The summed E-state index contributed by atoms with van der Waals surface area (Å²) in [4.78, 5) is 32.3. The quantitative estimate of drug-likeness (QED) is 0.385. The number of nitrogens with one attached hydrogen (secondary N) is 2. The van der Waals surface area contributed by atoms with Gasteiger partial charge in [-0.3, -0.25) is 14.2 Å². The van der Waals surface area contributed by atoms with E-state index in [0.717, 1.165) is 16.5 Å². The molecule has 184 valence electrons. The zero-order valence-electron chi connectivity index (χ0n) is 18.1. The molecule has 2 N–H and O–H groups in total. The second-order valence-electron chi connectivity index (χ2n) is 8.08. The third-order valence-electron chi connectivity index (χ3n) is 5.44. The summed E-state index contributed by atoms with van der Waals surface area (Å²) in [5.41, 5.74) is -1.23. The molecule has 0 bridgehead atoms. The van der Waals surface area contributed by atoms with Gasteiger partial charge in [0.05, 0.1) is 17.5 Å². The van der Waals surface area contributed by atoms with Crippen molar-refractivity contribution in [2.75, 3.05) is 0 Å². The van der Waals surface area contributed by atoms with Crippen molar-refractivity contribution >= 4 is 27.8 Å². The first-order valence-electron chi connectivity index (χ1n) is 10.4. The zero-order valence-corrected chi connectivity index (χ0v) is 18.1. The number of H-pyrrole nitrogens is 1. The number of halogens is 6. The highest BCUT2D eigenvalue weighted by Gasteiger charge is 2.36. The third-order valence-corrected chi connectivity index (χ3v) is 5.44. The van der Waals surface area contributed by atoms with Crippen LogP contribution in [0.3, 0.4) is 0 Å². The van der Waals surface area contributed by atoms with Gasteiger partial charge in [-0.15, -0.1) is 0 Å². The second kappa shape index (κ2) is 8.75. The average Bonchev–Trinajstić information content (AvgIpc) is 3.14. The molecule has 0 aliphatic rings. The number of hydrogen-bond acceptors (Lipinski definition) is 3. The van der Waals surface area contributed by atoms with Crippen molar-refractivity contribution in [3.05, 3.63) is 75.3 Å². The predicted octanol–water partition coefficient (Wildman–Crippen LogP) is 4.93. The number of amides is 1. The molecule has 4 rings (SSSR count). The van der Waals surface area contributed by atoms with Gasteiger partial charge in [0, 0.05) is 30.4 Å². The Kier molecular flexibility index (Phi) is 6.07. The molecule has 2 aromatic carbocycles. The van der Waals surface area contributed by atoms with Gasteiger partial charge in [0.25, 0.3) is 5.56 Å².